The molecule has 0 bridgehead atoms. The van der Waals surface area contributed by atoms with E-state index in [1.165, 1.54) is 10.2 Å². The number of aromatic nitrogens is 3. The summed E-state index contributed by atoms with van der Waals surface area (Å²) in [6.45, 7) is 7.98. The highest BCUT2D eigenvalue weighted by atomic mass is 35.5. The number of nitrogens with zero attached hydrogens (tertiary/aromatic N) is 6. The Morgan fingerprint density at radius 2 is 1.75 bits per heavy atom. The van der Waals surface area contributed by atoms with Gasteiger partial charge in [0.25, 0.3) is 0 Å². The van der Waals surface area contributed by atoms with Crippen molar-refractivity contribution in [3.05, 3.63) is 58.8 Å². The van der Waals surface area contributed by atoms with E-state index in [2.05, 4.69) is 32.0 Å². The molecule has 0 saturated carbocycles. The highest BCUT2D eigenvalue weighted by Gasteiger charge is 2.28. The Morgan fingerprint density at radius 3 is 2.45 bits per heavy atom. The predicted octanol–water partition coefficient (Wildman–Crippen LogP) is 5.57. The third kappa shape index (κ3) is 6.08. The number of piperazine rings is 1. The summed E-state index contributed by atoms with van der Waals surface area (Å²) in [5.74, 6) is 0.839. The number of para-hydroxylation sites is 1. The average Bonchev–Trinajstić information content (AvgIpc) is 3.43. The summed E-state index contributed by atoms with van der Waals surface area (Å²) < 4.78 is 32.8. The molecule has 4 heterocycles. The van der Waals surface area contributed by atoms with Crippen molar-refractivity contribution in [2.45, 2.75) is 25.8 Å². The molecular weight excluding hydrogens is 621 g/mol. The van der Waals surface area contributed by atoms with Crippen LogP contribution in [0.3, 0.4) is 0 Å². The predicted molar refractivity (Wildman–Crippen MR) is 178 cm³/mol. The molecule has 2 aliphatic rings. The molecule has 0 aliphatic carbocycles. The molecule has 6 rings (SSSR count). The van der Waals surface area contributed by atoms with Crippen LogP contribution >= 0.6 is 23.2 Å². The van der Waals surface area contributed by atoms with Crippen LogP contribution in [0.15, 0.2) is 48.8 Å². The number of benzene rings is 2. The number of methoxy groups -OCH3 is 1. The zero-order chi connectivity index (χ0) is 31.0. The van der Waals surface area contributed by atoms with E-state index in [1.807, 2.05) is 24.3 Å². The number of hydrogen-bond acceptors (Lipinski definition) is 9. The molecule has 2 saturated heterocycles. The van der Waals surface area contributed by atoms with Crippen molar-refractivity contribution in [3.8, 4) is 17.0 Å². The van der Waals surface area contributed by atoms with Gasteiger partial charge in [0.05, 0.1) is 51.7 Å². The maximum atomic E-state index is 12.8. The first-order valence-electron chi connectivity index (χ1n) is 14.9. The van der Waals surface area contributed by atoms with Gasteiger partial charge >= 0.3 is 0 Å². The van der Waals surface area contributed by atoms with Crippen molar-refractivity contribution in [2.24, 2.45) is 0 Å². The van der Waals surface area contributed by atoms with Crippen molar-refractivity contribution in [1.29, 1.82) is 0 Å². The van der Waals surface area contributed by atoms with Gasteiger partial charge in [0.15, 0.2) is 0 Å². The van der Waals surface area contributed by atoms with Crippen molar-refractivity contribution >= 4 is 61.5 Å². The van der Waals surface area contributed by atoms with Crippen LogP contribution in [0.2, 0.25) is 10.0 Å². The molecule has 10 nitrogen and oxygen atoms in total. The highest BCUT2D eigenvalue weighted by Crippen LogP contribution is 2.40. The summed E-state index contributed by atoms with van der Waals surface area (Å²) in [7, 11) is 0.262. The number of piperidine rings is 1. The number of rotatable bonds is 8. The number of hydrogen-bond donors (Lipinski definition) is 1. The fourth-order valence-corrected chi connectivity index (χ4v) is 7.63. The smallest absolute Gasteiger partial charge is 0.238 e. The van der Waals surface area contributed by atoms with Gasteiger partial charge < -0.3 is 19.9 Å². The number of fused-ring (bicyclic) bond motifs is 1. The molecule has 2 fully saturated rings. The van der Waals surface area contributed by atoms with E-state index in [0.717, 1.165) is 63.2 Å². The number of ether oxygens (including phenoxy) is 1. The first-order valence-corrected chi connectivity index (χ1v) is 17.2. The Kier molecular flexibility index (Phi) is 8.94. The standard InChI is InChI=1S/C31H37Cl2N7O3S/c1-4-44(41,42)40-20-23(22-7-5-6-8-27(22)40)30-25(33)19-34-31(36-30)35-26-17-24(32)28(18-29(26)43-3)39-11-9-21(10-12-39)38-15-13-37(2)14-16-38/h5-8,17-21H,4,9-16H2,1-3H3,(H,34,35,36). The van der Waals surface area contributed by atoms with Crippen LogP contribution in [0.1, 0.15) is 19.8 Å². The van der Waals surface area contributed by atoms with Gasteiger partial charge in [-0.1, -0.05) is 41.4 Å². The Bertz CT molecular complexity index is 1770. The van der Waals surface area contributed by atoms with Gasteiger partial charge in [-0.25, -0.2) is 22.4 Å². The van der Waals surface area contributed by atoms with Crippen LogP contribution in [0.4, 0.5) is 17.3 Å². The molecule has 44 heavy (non-hydrogen) atoms. The van der Waals surface area contributed by atoms with E-state index in [1.54, 1.807) is 32.4 Å². The normalized spacial score (nSPS) is 17.3. The Morgan fingerprint density at radius 1 is 1.02 bits per heavy atom. The largest absolute Gasteiger partial charge is 0.494 e. The lowest BCUT2D eigenvalue weighted by Crippen LogP contribution is -2.52. The minimum atomic E-state index is -3.55. The van der Waals surface area contributed by atoms with Gasteiger partial charge in [0.2, 0.25) is 16.0 Å². The van der Waals surface area contributed by atoms with Gasteiger partial charge in [-0.15, -0.1) is 0 Å². The lowest BCUT2D eigenvalue weighted by molar-refractivity contribution is 0.0982. The number of halogens is 2. The monoisotopic (exact) mass is 657 g/mol. The minimum absolute atomic E-state index is 0.0414. The quantitative estimate of drug-likeness (QED) is 0.261. The Hall–Kier alpha value is -3.09. The second-order valence-corrected chi connectivity index (χ2v) is 14.3. The lowest BCUT2D eigenvalue weighted by Gasteiger charge is -2.42. The van der Waals surface area contributed by atoms with E-state index in [4.69, 9.17) is 32.9 Å². The molecule has 2 aromatic heterocycles. The first kappa shape index (κ1) is 30.9. The van der Waals surface area contributed by atoms with Crippen LogP contribution in [0, 0.1) is 0 Å². The molecule has 4 aromatic rings. The molecule has 2 aromatic carbocycles. The summed E-state index contributed by atoms with van der Waals surface area (Å²) in [4.78, 5) is 16.4. The average molecular weight is 659 g/mol. The second kappa shape index (κ2) is 12.7. The first-order chi connectivity index (χ1) is 21.2. The lowest BCUT2D eigenvalue weighted by atomic mass is 10.0. The van der Waals surface area contributed by atoms with E-state index >= 15 is 0 Å². The molecule has 0 radical (unpaired) electrons. The molecule has 0 spiro atoms. The SMILES string of the molecule is CCS(=O)(=O)n1cc(-c2nc(Nc3cc(Cl)c(N4CCC(N5CCN(C)CC5)CC4)cc3OC)ncc2Cl)c2ccccc21. The minimum Gasteiger partial charge on any atom is -0.494 e. The fraction of sp³-hybridized carbons (Fsp3) is 0.419. The van der Waals surface area contributed by atoms with E-state index in [9.17, 15) is 8.42 Å². The Labute approximate surface area is 268 Å². The molecule has 234 valence electrons. The van der Waals surface area contributed by atoms with E-state index in [-0.39, 0.29) is 11.7 Å². The second-order valence-electron chi connectivity index (χ2n) is 11.3. The summed E-state index contributed by atoms with van der Waals surface area (Å²) in [5.41, 5.74) is 3.11. The topological polar surface area (TPSA) is 95.8 Å². The van der Waals surface area contributed by atoms with Crippen molar-refractivity contribution in [3.63, 3.8) is 0 Å². The van der Waals surface area contributed by atoms with E-state index < -0.39 is 10.0 Å². The van der Waals surface area contributed by atoms with Crippen LogP contribution in [0.5, 0.6) is 5.75 Å². The van der Waals surface area contributed by atoms with Crippen LogP contribution in [-0.2, 0) is 10.0 Å². The van der Waals surface area contributed by atoms with Crippen LogP contribution in [0.25, 0.3) is 22.2 Å². The maximum absolute atomic E-state index is 12.8. The van der Waals surface area contributed by atoms with Gasteiger partial charge in [-0.05, 0) is 38.9 Å². The number of likely N-dealkylation sites (N-methyl/N-ethyl adjacent to an activating group) is 1. The molecule has 2 aliphatic heterocycles. The van der Waals surface area contributed by atoms with Gasteiger partial charge in [0, 0.05) is 68.5 Å². The van der Waals surface area contributed by atoms with Crippen LogP contribution in [-0.4, -0.2) is 97.4 Å². The Balaban J connectivity index is 1.25. The van der Waals surface area contributed by atoms with Gasteiger partial charge in [-0.2, -0.15) is 0 Å². The molecule has 0 atom stereocenters. The molecule has 1 N–H and O–H groups in total. The zero-order valence-corrected chi connectivity index (χ0v) is 27.5. The summed E-state index contributed by atoms with van der Waals surface area (Å²) in [6, 6.07) is 11.7. The van der Waals surface area contributed by atoms with Crippen LogP contribution < -0.4 is 15.0 Å². The molecular formula is C31H37Cl2N7O3S. The van der Waals surface area contributed by atoms with E-state index in [0.29, 0.717) is 44.3 Å². The third-order valence-electron chi connectivity index (χ3n) is 8.72. The molecule has 0 amide bonds. The van der Waals surface area contributed by atoms with Gasteiger partial charge in [-0.3, -0.25) is 4.90 Å². The summed E-state index contributed by atoms with van der Waals surface area (Å²) in [6.07, 6.45) is 5.26. The fourth-order valence-electron chi connectivity index (χ4n) is 6.16. The molecule has 13 heteroatoms. The van der Waals surface area contributed by atoms with Crippen molar-refractivity contribution in [1.82, 2.24) is 23.7 Å². The zero-order valence-electron chi connectivity index (χ0n) is 25.1. The maximum Gasteiger partial charge on any atom is 0.238 e. The third-order valence-corrected chi connectivity index (χ3v) is 10.9. The van der Waals surface area contributed by atoms with Crippen molar-refractivity contribution in [2.75, 3.05) is 69.4 Å². The number of anilines is 3. The highest BCUT2D eigenvalue weighted by molar-refractivity contribution is 7.90. The summed E-state index contributed by atoms with van der Waals surface area (Å²) in [5, 5.41) is 4.86. The number of nitrogens with one attached hydrogen (secondary N) is 1. The summed E-state index contributed by atoms with van der Waals surface area (Å²) >= 11 is 13.4. The molecule has 0 unspecified atom stereocenters. The van der Waals surface area contributed by atoms with Crippen molar-refractivity contribution < 1.29 is 13.2 Å². The van der Waals surface area contributed by atoms with Gasteiger partial charge in [0.1, 0.15) is 5.75 Å².